The first-order chi connectivity index (χ1) is 14.5. The van der Waals surface area contributed by atoms with Crippen LogP contribution in [0.15, 0.2) is 58.6 Å². The van der Waals surface area contributed by atoms with Gasteiger partial charge in [-0.25, -0.2) is 0 Å². The standard InChI is InChI=1S/C22H28F3NO4SSi/c1-16-7-13-19(14-8-16)31(27,28)30-26-20(22(23,24)25)18-11-9-17(10-12-18)15-29-32(5,6)21(2,3)4/h7-14H,15H2,1-6H3/b26-20-. The van der Waals surface area contributed by atoms with Crippen molar-refractivity contribution in [3.63, 3.8) is 0 Å². The van der Waals surface area contributed by atoms with Gasteiger partial charge >= 0.3 is 16.3 Å². The van der Waals surface area contributed by atoms with E-state index in [0.29, 0.717) is 5.56 Å². The van der Waals surface area contributed by atoms with E-state index >= 15 is 0 Å². The fourth-order valence-electron chi connectivity index (χ4n) is 2.34. The van der Waals surface area contributed by atoms with Gasteiger partial charge in [-0.15, -0.1) is 0 Å². The Morgan fingerprint density at radius 3 is 1.97 bits per heavy atom. The molecule has 176 valence electrons. The molecule has 0 aliphatic carbocycles. The summed E-state index contributed by atoms with van der Waals surface area (Å²) in [7, 11) is -6.50. The van der Waals surface area contributed by atoms with Gasteiger partial charge in [-0.2, -0.15) is 21.6 Å². The molecule has 0 amide bonds. The summed E-state index contributed by atoms with van der Waals surface area (Å²) in [6, 6.07) is 10.9. The van der Waals surface area contributed by atoms with E-state index in [-0.39, 0.29) is 22.1 Å². The Bertz CT molecular complexity index is 1060. The highest BCUT2D eigenvalue weighted by Gasteiger charge is 2.39. The first kappa shape index (κ1) is 26.1. The maximum atomic E-state index is 13.5. The van der Waals surface area contributed by atoms with Crippen molar-refractivity contribution < 1.29 is 30.3 Å². The highest BCUT2D eigenvalue weighted by Crippen LogP contribution is 2.37. The summed E-state index contributed by atoms with van der Waals surface area (Å²) in [6.07, 6.45) is -4.91. The number of rotatable bonds is 7. The minimum atomic E-state index is -4.91. The maximum absolute atomic E-state index is 13.5. The van der Waals surface area contributed by atoms with Crippen LogP contribution < -0.4 is 0 Å². The van der Waals surface area contributed by atoms with Crippen LogP contribution in [0.4, 0.5) is 13.2 Å². The molecular formula is C22H28F3NO4SSi. The third kappa shape index (κ3) is 6.66. The fourth-order valence-corrected chi connectivity index (χ4v) is 4.03. The molecule has 0 saturated carbocycles. The van der Waals surface area contributed by atoms with E-state index in [1.165, 1.54) is 48.5 Å². The van der Waals surface area contributed by atoms with Crippen LogP contribution in [0.25, 0.3) is 0 Å². The molecule has 0 bridgehead atoms. The first-order valence-electron chi connectivity index (χ1n) is 9.92. The fraction of sp³-hybridized carbons (Fsp3) is 0.409. The van der Waals surface area contributed by atoms with E-state index in [4.69, 9.17) is 4.43 Å². The predicted molar refractivity (Wildman–Crippen MR) is 120 cm³/mol. The average molecular weight is 488 g/mol. The van der Waals surface area contributed by atoms with Crippen molar-refractivity contribution in [2.75, 3.05) is 0 Å². The molecule has 0 aromatic heterocycles. The Morgan fingerprint density at radius 2 is 1.50 bits per heavy atom. The van der Waals surface area contributed by atoms with Gasteiger partial charge < -0.3 is 4.43 Å². The number of hydrogen-bond donors (Lipinski definition) is 0. The zero-order valence-electron chi connectivity index (χ0n) is 18.9. The third-order valence-corrected chi connectivity index (χ3v) is 11.0. The van der Waals surface area contributed by atoms with Crippen LogP contribution in [0, 0.1) is 6.92 Å². The Kier molecular flexibility index (Phi) is 7.63. The lowest BCUT2D eigenvalue weighted by molar-refractivity contribution is -0.0597. The summed E-state index contributed by atoms with van der Waals surface area (Å²) in [5, 5.41) is 2.97. The summed E-state index contributed by atoms with van der Waals surface area (Å²) in [5.74, 6) is 0. The molecule has 2 rings (SSSR count). The van der Waals surface area contributed by atoms with Crippen LogP contribution in [0.3, 0.4) is 0 Å². The zero-order chi connectivity index (χ0) is 24.4. The summed E-state index contributed by atoms with van der Waals surface area (Å²) in [6.45, 7) is 12.5. The van der Waals surface area contributed by atoms with Crippen LogP contribution in [0.2, 0.25) is 18.1 Å². The lowest BCUT2D eigenvalue weighted by Crippen LogP contribution is -2.40. The van der Waals surface area contributed by atoms with E-state index in [1.54, 1.807) is 6.92 Å². The van der Waals surface area contributed by atoms with Crippen LogP contribution in [0.1, 0.15) is 37.5 Å². The van der Waals surface area contributed by atoms with E-state index < -0.39 is 30.3 Å². The molecule has 2 aromatic carbocycles. The van der Waals surface area contributed by atoms with Gasteiger partial charge in [0, 0.05) is 5.56 Å². The highest BCUT2D eigenvalue weighted by atomic mass is 32.2. The highest BCUT2D eigenvalue weighted by molar-refractivity contribution is 7.86. The largest absolute Gasteiger partial charge is 0.437 e. The van der Waals surface area contributed by atoms with E-state index in [1.807, 2.05) is 0 Å². The molecule has 32 heavy (non-hydrogen) atoms. The van der Waals surface area contributed by atoms with Gasteiger partial charge in [0.2, 0.25) is 0 Å². The van der Waals surface area contributed by atoms with Crippen molar-refractivity contribution in [1.29, 1.82) is 0 Å². The van der Waals surface area contributed by atoms with Crippen LogP contribution in [0.5, 0.6) is 0 Å². The number of aryl methyl sites for hydroxylation is 1. The van der Waals surface area contributed by atoms with Crippen molar-refractivity contribution in [3.8, 4) is 0 Å². The number of benzene rings is 2. The molecule has 0 spiro atoms. The van der Waals surface area contributed by atoms with Crippen molar-refractivity contribution in [1.82, 2.24) is 0 Å². The lowest BCUT2D eigenvalue weighted by Gasteiger charge is -2.36. The van der Waals surface area contributed by atoms with Crippen molar-refractivity contribution in [3.05, 3.63) is 65.2 Å². The maximum Gasteiger partial charge on any atom is 0.437 e. The molecular weight excluding hydrogens is 459 g/mol. The molecule has 0 N–H and O–H groups in total. The summed E-state index contributed by atoms with van der Waals surface area (Å²) in [5.41, 5.74) is -0.257. The normalized spacial score (nSPS) is 13.8. The molecule has 0 radical (unpaired) electrons. The van der Waals surface area contributed by atoms with Crippen molar-refractivity contribution >= 4 is 24.1 Å². The van der Waals surface area contributed by atoms with Gasteiger partial charge in [0.1, 0.15) is 4.90 Å². The van der Waals surface area contributed by atoms with E-state index in [2.05, 4.69) is 43.3 Å². The number of oxime groups is 1. The first-order valence-corrected chi connectivity index (χ1v) is 14.2. The molecule has 0 heterocycles. The van der Waals surface area contributed by atoms with Gasteiger partial charge in [-0.3, -0.25) is 4.28 Å². The molecule has 2 aromatic rings. The molecule has 0 aliphatic heterocycles. The monoisotopic (exact) mass is 487 g/mol. The number of halogens is 3. The summed E-state index contributed by atoms with van der Waals surface area (Å²) < 4.78 is 75.5. The predicted octanol–water partition coefficient (Wildman–Crippen LogP) is 6.19. The van der Waals surface area contributed by atoms with E-state index in [9.17, 15) is 21.6 Å². The van der Waals surface area contributed by atoms with Crippen LogP contribution in [-0.4, -0.2) is 28.6 Å². The van der Waals surface area contributed by atoms with E-state index in [0.717, 1.165) is 5.56 Å². The lowest BCUT2D eigenvalue weighted by atomic mass is 10.1. The molecule has 10 heteroatoms. The Morgan fingerprint density at radius 1 is 0.969 bits per heavy atom. The smallest absolute Gasteiger partial charge is 0.413 e. The molecule has 0 unspecified atom stereocenters. The van der Waals surface area contributed by atoms with Crippen molar-refractivity contribution in [2.45, 2.75) is 63.5 Å². The third-order valence-electron chi connectivity index (χ3n) is 5.44. The van der Waals surface area contributed by atoms with Gasteiger partial charge in [0.15, 0.2) is 14.0 Å². The molecule has 0 aliphatic rings. The van der Waals surface area contributed by atoms with Crippen LogP contribution >= 0.6 is 0 Å². The second-order valence-electron chi connectivity index (χ2n) is 9.03. The number of nitrogens with zero attached hydrogens (tertiary/aromatic N) is 1. The minimum absolute atomic E-state index is 0.00331. The second-order valence-corrected chi connectivity index (χ2v) is 15.4. The zero-order valence-corrected chi connectivity index (χ0v) is 20.8. The number of alkyl halides is 3. The summed E-state index contributed by atoms with van der Waals surface area (Å²) >= 11 is 0. The minimum Gasteiger partial charge on any atom is -0.413 e. The van der Waals surface area contributed by atoms with Gasteiger partial charge in [-0.05, 0) is 42.8 Å². The Labute approximate surface area is 188 Å². The second kappa shape index (κ2) is 9.36. The Balaban J connectivity index is 2.24. The number of hydrogen-bond acceptors (Lipinski definition) is 5. The van der Waals surface area contributed by atoms with Crippen molar-refractivity contribution in [2.24, 2.45) is 5.16 Å². The molecule has 0 atom stereocenters. The van der Waals surface area contributed by atoms with Gasteiger partial charge in [0.05, 0.1) is 6.61 Å². The summed E-state index contributed by atoms with van der Waals surface area (Å²) in [4.78, 5) is -0.286. The Hall–Kier alpha value is -2.17. The average Bonchev–Trinajstić information content (AvgIpc) is 2.66. The quantitative estimate of drug-likeness (QED) is 0.265. The molecule has 0 saturated heterocycles. The van der Waals surface area contributed by atoms with Gasteiger partial charge in [-0.1, -0.05) is 67.9 Å². The molecule has 0 fully saturated rings. The topological polar surface area (TPSA) is 65.0 Å². The van der Waals surface area contributed by atoms with Crippen LogP contribution in [-0.2, 0) is 25.4 Å². The SMILES string of the molecule is Cc1ccc(S(=O)(=O)O/N=C(/c2ccc(CO[Si](C)(C)C(C)(C)C)cc2)C(F)(F)F)cc1. The molecule has 5 nitrogen and oxygen atoms in total. The van der Waals surface area contributed by atoms with Gasteiger partial charge in [0.25, 0.3) is 0 Å².